The molecule has 1 heterocycles. The Kier molecular flexibility index (Phi) is 8.90. The van der Waals surface area contributed by atoms with Crippen molar-refractivity contribution in [1.82, 2.24) is 0 Å². The number of allylic oxidation sites excluding steroid dienone is 3. The largest absolute Gasteiger partial charge is 0.458 e. The third kappa shape index (κ3) is 6.82. The van der Waals surface area contributed by atoms with Crippen molar-refractivity contribution < 1.29 is 14.4 Å². The fourth-order valence-electron chi connectivity index (χ4n) is 3.78. The topological polar surface area (TPSA) is 47.9 Å². The molecule has 2 aromatic carbocycles. The van der Waals surface area contributed by atoms with Crippen molar-refractivity contribution in [3.05, 3.63) is 93.5 Å². The molecule has 4 nitrogen and oxygen atoms in total. The molecule has 33 heavy (non-hydrogen) atoms. The lowest BCUT2D eigenvalue weighted by molar-refractivity contribution is 0.0264. The van der Waals surface area contributed by atoms with E-state index in [1.807, 2.05) is 63.2 Å². The summed E-state index contributed by atoms with van der Waals surface area (Å²) in [5.41, 5.74) is 4.73. The number of fused-ring (bicyclic) bond motifs is 1. The van der Waals surface area contributed by atoms with Crippen molar-refractivity contribution in [3.63, 3.8) is 0 Å². The number of ether oxygens (including phenoxy) is 1. The maximum Gasteiger partial charge on any atom is 0.339 e. The molecule has 0 bridgehead atoms. The zero-order chi connectivity index (χ0) is 23.8. The normalized spacial score (nSPS) is 22.7. The summed E-state index contributed by atoms with van der Waals surface area (Å²) in [5, 5.41) is 4.96. The molecule has 0 fully saturated rings. The highest BCUT2D eigenvalue weighted by atomic mass is 35.5. The van der Waals surface area contributed by atoms with E-state index in [4.69, 9.17) is 21.2 Å². The molecule has 0 amide bonds. The number of esters is 1. The average Bonchev–Trinajstić information content (AvgIpc) is 2.79. The first kappa shape index (κ1) is 24.8. The fourth-order valence-corrected chi connectivity index (χ4v) is 3.99. The van der Waals surface area contributed by atoms with E-state index in [9.17, 15) is 4.79 Å². The molecule has 0 aliphatic carbocycles. The van der Waals surface area contributed by atoms with Crippen molar-refractivity contribution in [2.45, 2.75) is 59.7 Å². The van der Waals surface area contributed by atoms with Gasteiger partial charge >= 0.3 is 5.97 Å². The van der Waals surface area contributed by atoms with E-state index in [2.05, 4.69) is 30.3 Å². The van der Waals surface area contributed by atoms with Crippen LogP contribution < -0.4 is 0 Å². The number of cyclic esters (lactones) is 1. The van der Waals surface area contributed by atoms with E-state index in [1.165, 1.54) is 0 Å². The second kappa shape index (κ2) is 11.9. The standard InChI is InChI=1S/C28H32ClNO3/c1-19-12-8-5-6-11-15-24(30-32-18-23-13-9-7-10-14-23)17-25-26(28(31)33-22(19)4)20(2)16-21(3)27(25)29/h7-16,19,22H,5-6,17-18H2,1-4H3/b12-8+,15-11+,30-24-/t19-,22+/m0/s1. The Morgan fingerprint density at radius 2 is 1.82 bits per heavy atom. The van der Waals surface area contributed by atoms with Crippen LogP contribution >= 0.6 is 11.6 Å². The zero-order valence-electron chi connectivity index (χ0n) is 19.8. The SMILES string of the molecule is Cc1cc(C)c2c(c1Cl)CC(=N\OCc1ccccc1)/C=C/CC/C=C/[C@H](C)[C@@H](C)OC2=O. The van der Waals surface area contributed by atoms with E-state index in [0.29, 0.717) is 29.3 Å². The van der Waals surface area contributed by atoms with Gasteiger partial charge in [-0.2, -0.15) is 0 Å². The van der Waals surface area contributed by atoms with Crippen LogP contribution in [0.4, 0.5) is 0 Å². The number of aryl methyl sites for hydroxylation is 2. The summed E-state index contributed by atoms with van der Waals surface area (Å²) in [6, 6.07) is 11.8. The van der Waals surface area contributed by atoms with Gasteiger partial charge in [0.05, 0.1) is 11.3 Å². The zero-order valence-corrected chi connectivity index (χ0v) is 20.6. The molecule has 0 saturated carbocycles. The van der Waals surface area contributed by atoms with Gasteiger partial charge in [-0.3, -0.25) is 0 Å². The van der Waals surface area contributed by atoms with Crippen molar-refractivity contribution in [1.29, 1.82) is 0 Å². The Balaban J connectivity index is 1.99. The molecule has 2 aromatic rings. The molecule has 0 unspecified atom stereocenters. The average molecular weight is 466 g/mol. The number of rotatable bonds is 3. The first-order valence-electron chi connectivity index (χ1n) is 11.4. The highest BCUT2D eigenvalue weighted by molar-refractivity contribution is 6.33. The van der Waals surface area contributed by atoms with Gasteiger partial charge in [-0.05, 0) is 61.9 Å². The van der Waals surface area contributed by atoms with Gasteiger partial charge < -0.3 is 9.57 Å². The number of nitrogens with zero attached hydrogens (tertiary/aromatic N) is 1. The van der Waals surface area contributed by atoms with Crippen LogP contribution in [-0.2, 0) is 22.6 Å². The number of benzene rings is 2. The highest BCUT2D eigenvalue weighted by Crippen LogP contribution is 2.30. The molecule has 0 saturated heterocycles. The smallest absolute Gasteiger partial charge is 0.339 e. The third-order valence-corrected chi connectivity index (χ3v) is 6.37. The molecular formula is C28H32ClNO3. The minimum Gasteiger partial charge on any atom is -0.458 e. The molecule has 174 valence electrons. The molecule has 5 heteroatoms. The summed E-state index contributed by atoms with van der Waals surface area (Å²) in [6.07, 6.45) is 10.2. The van der Waals surface area contributed by atoms with Crippen LogP contribution in [0.15, 0.2) is 65.9 Å². The number of carbonyl (C=O) groups is 1. The predicted octanol–water partition coefficient (Wildman–Crippen LogP) is 7.16. The lowest BCUT2D eigenvalue weighted by Crippen LogP contribution is -2.23. The quantitative estimate of drug-likeness (QED) is 0.274. The molecule has 0 aromatic heterocycles. The molecule has 0 spiro atoms. The molecule has 3 rings (SSSR count). The lowest BCUT2D eigenvalue weighted by atomic mass is 9.94. The van der Waals surface area contributed by atoms with Gasteiger partial charge in [0.25, 0.3) is 0 Å². The van der Waals surface area contributed by atoms with E-state index in [-0.39, 0.29) is 18.0 Å². The number of halogens is 1. The van der Waals surface area contributed by atoms with E-state index >= 15 is 0 Å². The van der Waals surface area contributed by atoms with Crippen molar-refractivity contribution in [2.24, 2.45) is 11.1 Å². The van der Waals surface area contributed by atoms with Gasteiger partial charge in [-0.25, -0.2) is 4.79 Å². The number of oxime groups is 1. The van der Waals surface area contributed by atoms with Gasteiger partial charge in [0.2, 0.25) is 0 Å². The number of carbonyl (C=O) groups excluding carboxylic acids is 1. The van der Waals surface area contributed by atoms with E-state index in [0.717, 1.165) is 35.1 Å². The number of hydrogen-bond acceptors (Lipinski definition) is 4. The Bertz CT molecular complexity index is 1060. The van der Waals surface area contributed by atoms with Gasteiger partial charge in [0.1, 0.15) is 12.7 Å². The molecule has 2 atom stereocenters. The summed E-state index contributed by atoms with van der Waals surface area (Å²) >= 11 is 6.72. The molecule has 0 radical (unpaired) electrons. The van der Waals surface area contributed by atoms with Gasteiger partial charge in [-0.1, -0.05) is 78.3 Å². The van der Waals surface area contributed by atoms with Gasteiger partial charge in [0.15, 0.2) is 0 Å². The summed E-state index contributed by atoms with van der Waals surface area (Å²) < 4.78 is 5.85. The minimum absolute atomic E-state index is 0.119. The van der Waals surface area contributed by atoms with Crippen molar-refractivity contribution in [2.75, 3.05) is 0 Å². The summed E-state index contributed by atoms with van der Waals surface area (Å²) in [4.78, 5) is 18.9. The van der Waals surface area contributed by atoms with Crippen molar-refractivity contribution in [3.8, 4) is 0 Å². The second-order valence-corrected chi connectivity index (χ2v) is 8.95. The van der Waals surface area contributed by atoms with Crippen LogP contribution in [-0.4, -0.2) is 17.8 Å². The maximum absolute atomic E-state index is 13.2. The van der Waals surface area contributed by atoms with Crippen molar-refractivity contribution >= 4 is 23.3 Å². The Hall–Kier alpha value is -2.85. The molecule has 0 N–H and O–H groups in total. The maximum atomic E-state index is 13.2. The highest BCUT2D eigenvalue weighted by Gasteiger charge is 2.24. The van der Waals surface area contributed by atoms with E-state index in [1.54, 1.807) is 0 Å². The Morgan fingerprint density at radius 1 is 1.09 bits per heavy atom. The van der Waals surface area contributed by atoms with Gasteiger partial charge in [-0.15, -0.1) is 0 Å². The fraction of sp³-hybridized carbons (Fsp3) is 0.357. The third-order valence-electron chi connectivity index (χ3n) is 5.84. The monoisotopic (exact) mass is 465 g/mol. The van der Waals surface area contributed by atoms with Crippen LogP contribution in [0.5, 0.6) is 0 Å². The van der Waals surface area contributed by atoms with Gasteiger partial charge in [0, 0.05) is 17.4 Å². The predicted molar refractivity (Wildman–Crippen MR) is 135 cm³/mol. The Morgan fingerprint density at radius 3 is 2.58 bits per heavy atom. The van der Waals surface area contributed by atoms with Crippen LogP contribution in [0.1, 0.15) is 59.3 Å². The second-order valence-electron chi connectivity index (χ2n) is 8.57. The minimum atomic E-state index is -0.359. The van der Waals surface area contributed by atoms with Crippen LogP contribution in [0.3, 0.4) is 0 Å². The Labute approximate surface area is 201 Å². The molecular weight excluding hydrogens is 434 g/mol. The molecule has 1 aliphatic heterocycles. The van der Waals surface area contributed by atoms with Crippen LogP contribution in [0, 0.1) is 19.8 Å². The lowest BCUT2D eigenvalue weighted by Gasteiger charge is -2.21. The summed E-state index contributed by atoms with van der Waals surface area (Å²) in [7, 11) is 0. The number of hydrogen-bond donors (Lipinski definition) is 0. The first-order chi connectivity index (χ1) is 15.9. The van der Waals surface area contributed by atoms with E-state index < -0.39 is 0 Å². The van der Waals surface area contributed by atoms with Crippen LogP contribution in [0.2, 0.25) is 5.02 Å². The summed E-state index contributed by atoms with van der Waals surface area (Å²) in [6.45, 7) is 8.21. The summed E-state index contributed by atoms with van der Waals surface area (Å²) in [5.74, 6) is -0.239. The van der Waals surface area contributed by atoms with Crippen LogP contribution in [0.25, 0.3) is 0 Å². The molecule has 1 aliphatic rings. The first-order valence-corrected chi connectivity index (χ1v) is 11.8.